The molecule has 1 heterocycles. The maximum atomic E-state index is 3.52. The van der Waals surface area contributed by atoms with E-state index in [1.807, 2.05) is 6.08 Å². The summed E-state index contributed by atoms with van der Waals surface area (Å²) in [5.74, 6) is 6.85. The molecule has 1 unspecified atom stereocenters. The van der Waals surface area contributed by atoms with Crippen LogP contribution >= 0.6 is 0 Å². The van der Waals surface area contributed by atoms with Crippen molar-refractivity contribution in [2.75, 3.05) is 0 Å². The second kappa shape index (κ2) is 11.9. The summed E-state index contributed by atoms with van der Waals surface area (Å²) in [5, 5.41) is 1.32. The Bertz CT molecular complexity index is 2580. The first-order chi connectivity index (χ1) is 25.3. The van der Waals surface area contributed by atoms with Gasteiger partial charge in [0.2, 0.25) is 0 Å². The van der Waals surface area contributed by atoms with Crippen LogP contribution in [-0.2, 0) is 11.8 Å². The Hall–Kier alpha value is -6.36. The fraction of sp³-hybridized carbons (Fsp3) is 0.0800. The quantitative estimate of drug-likeness (QED) is 0.164. The third-order valence-electron chi connectivity index (χ3n) is 11.1. The minimum Gasteiger partial charge on any atom is -0.309 e. The van der Waals surface area contributed by atoms with Crippen LogP contribution in [-0.4, -0.2) is 4.57 Å². The molecule has 3 aliphatic rings. The lowest BCUT2D eigenvalue weighted by Gasteiger charge is -2.37. The predicted octanol–water partition coefficient (Wildman–Crippen LogP) is 12.1. The third kappa shape index (κ3) is 4.50. The standard InChI is InChI=1S/C50H35N/c1-6-18-35(19-7-1)37-32-38(36-20-8-2-9-21-36)34-41(33-37)51-46-29-15-5-14-27-44(46)48-47(51)31-30-43-42-26-16-17-28-45(42)50(49(43)48,39-22-10-3-11-23-39)40-24-12-4-13-25-40/h1-4,6-12,15-24,26,28-34H,13,25,27H2. The van der Waals surface area contributed by atoms with Gasteiger partial charge in [-0.05, 0) is 105 Å². The minimum absolute atomic E-state index is 0.429. The summed E-state index contributed by atoms with van der Waals surface area (Å²) in [6.45, 7) is 0. The molecular weight excluding hydrogens is 615 g/mol. The zero-order valence-corrected chi connectivity index (χ0v) is 28.3. The monoisotopic (exact) mass is 649 g/mol. The van der Waals surface area contributed by atoms with Gasteiger partial charge in [-0.15, -0.1) is 0 Å². The molecule has 10 rings (SSSR count). The van der Waals surface area contributed by atoms with Crippen molar-refractivity contribution in [3.05, 3.63) is 203 Å². The van der Waals surface area contributed by atoms with Crippen molar-refractivity contribution in [3.63, 3.8) is 0 Å². The molecular formula is C50H35N. The van der Waals surface area contributed by atoms with Gasteiger partial charge in [-0.2, -0.15) is 0 Å². The molecule has 240 valence electrons. The first-order valence-electron chi connectivity index (χ1n) is 18.0. The molecule has 0 saturated carbocycles. The van der Waals surface area contributed by atoms with Crippen molar-refractivity contribution < 1.29 is 0 Å². The van der Waals surface area contributed by atoms with Gasteiger partial charge in [0.1, 0.15) is 0 Å². The summed E-state index contributed by atoms with van der Waals surface area (Å²) in [7, 11) is 0. The minimum atomic E-state index is -0.429. The van der Waals surface area contributed by atoms with Gasteiger partial charge in [0.25, 0.3) is 0 Å². The van der Waals surface area contributed by atoms with Crippen LogP contribution in [0.5, 0.6) is 0 Å². The molecule has 1 atom stereocenters. The topological polar surface area (TPSA) is 4.93 Å². The second-order valence-electron chi connectivity index (χ2n) is 13.7. The number of rotatable bonds is 5. The first kappa shape index (κ1) is 29.5. The molecule has 0 N–H and O–H groups in total. The van der Waals surface area contributed by atoms with Crippen molar-refractivity contribution >= 4 is 17.0 Å². The lowest BCUT2D eigenvalue weighted by atomic mass is 9.64. The van der Waals surface area contributed by atoms with Crippen molar-refractivity contribution in [3.8, 4) is 50.9 Å². The summed E-state index contributed by atoms with van der Waals surface area (Å²) < 4.78 is 2.50. The van der Waals surface area contributed by atoms with E-state index in [1.54, 1.807) is 0 Å². The number of hydrogen-bond donors (Lipinski definition) is 0. The zero-order valence-electron chi connectivity index (χ0n) is 28.3. The molecule has 0 radical (unpaired) electrons. The normalized spacial score (nSPS) is 16.8. The maximum absolute atomic E-state index is 3.52. The van der Waals surface area contributed by atoms with E-state index in [2.05, 4.69) is 186 Å². The lowest BCUT2D eigenvalue weighted by Crippen LogP contribution is -2.30. The molecule has 1 heteroatoms. The van der Waals surface area contributed by atoms with Gasteiger partial charge in [0.15, 0.2) is 0 Å². The largest absolute Gasteiger partial charge is 0.309 e. The van der Waals surface area contributed by atoms with E-state index < -0.39 is 5.41 Å². The molecule has 0 aliphatic heterocycles. The van der Waals surface area contributed by atoms with Crippen LogP contribution < -0.4 is 0 Å². The number of benzene rings is 6. The van der Waals surface area contributed by atoms with Crippen LogP contribution in [0.2, 0.25) is 0 Å². The first-order valence-corrected chi connectivity index (χ1v) is 18.0. The van der Waals surface area contributed by atoms with Gasteiger partial charge in [0, 0.05) is 17.5 Å². The van der Waals surface area contributed by atoms with Gasteiger partial charge >= 0.3 is 0 Å². The molecule has 1 nitrogen and oxygen atoms in total. The van der Waals surface area contributed by atoms with Crippen LogP contribution in [0.1, 0.15) is 40.8 Å². The number of nitrogens with zero attached hydrogens (tertiary/aromatic N) is 1. The van der Waals surface area contributed by atoms with Gasteiger partial charge in [-0.3, -0.25) is 0 Å². The highest BCUT2D eigenvalue weighted by molar-refractivity contribution is 6.04. The number of allylic oxidation sites excluding steroid dienone is 5. The summed E-state index contributed by atoms with van der Waals surface area (Å²) in [6.07, 6.45) is 14.0. The molecule has 0 amide bonds. The molecule has 0 fully saturated rings. The van der Waals surface area contributed by atoms with E-state index in [4.69, 9.17) is 0 Å². The van der Waals surface area contributed by atoms with Crippen LogP contribution in [0, 0.1) is 11.8 Å². The fourth-order valence-corrected chi connectivity index (χ4v) is 8.98. The Labute approximate surface area is 299 Å². The fourth-order valence-electron chi connectivity index (χ4n) is 8.98. The molecule has 51 heavy (non-hydrogen) atoms. The molecule has 0 spiro atoms. The van der Waals surface area contributed by atoms with Crippen LogP contribution in [0.4, 0.5) is 0 Å². The molecule has 0 bridgehead atoms. The van der Waals surface area contributed by atoms with Gasteiger partial charge in [0.05, 0.1) is 16.6 Å². The smallest absolute Gasteiger partial charge is 0.0683 e. The molecule has 0 saturated heterocycles. The van der Waals surface area contributed by atoms with Crippen LogP contribution in [0.3, 0.4) is 0 Å². The highest BCUT2D eigenvalue weighted by Gasteiger charge is 2.49. The Balaban J connectivity index is 1.35. The van der Waals surface area contributed by atoms with Gasteiger partial charge in [-0.25, -0.2) is 0 Å². The van der Waals surface area contributed by atoms with Crippen molar-refractivity contribution in [2.45, 2.75) is 24.7 Å². The third-order valence-corrected chi connectivity index (χ3v) is 11.1. The second-order valence-corrected chi connectivity index (χ2v) is 13.7. The zero-order chi connectivity index (χ0) is 33.8. The maximum Gasteiger partial charge on any atom is 0.0683 e. The van der Waals surface area contributed by atoms with E-state index in [0.717, 1.165) is 18.5 Å². The molecule has 6 aromatic carbocycles. The summed E-state index contributed by atoms with van der Waals surface area (Å²) >= 11 is 0. The van der Waals surface area contributed by atoms with Gasteiger partial charge in [-0.1, -0.05) is 157 Å². The Morgan fingerprint density at radius 2 is 1.31 bits per heavy atom. The lowest BCUT2D eigenvalue weighted by molar-refractivity contribution is 0.697. The van der Waals surface area contributed by atoms with E-state index in [0.29, 0.717) is 6.42 Å². The van der Waals surface area contributed by atoms with E-state index in [9.17, 15) is 0 Å². The molecule has 3 aliphatic carbocycles. The van der Waals surface area contributed by atoms with E-state index >= 15 is 0 Å². The SMILES string of the molecule is C1#CCc2c(n(-c3cc(-c4ccccc4)cc(-c4ccccc4)c3)c3ccc4c(c23)C(C2=CC=CCC2)(c2ccccc2)c2ccccc2-4)C=C1. The number of fused-ring (bicyclic) bond motifs is 7. The average Bonchev–Trinajstić information content (AvgIpc) is 3.56. The van der Waals surface area contributed by atoms with Crippen molar-refractivity contribution in [1.29, 1.82) is 0 Å². The van der Waals surface area contributed by atoms with E-state index in [1.165, 1.54) is 77.8 Å². The van der Waals surface area contributed by atoms with Crippen LogP contribution in [0.15, 0.2) is 175 Å². The highest BCUT2D eigenvalue weighted by atomic mass is 15.0. The highest BCUT2D eigenvalue weighted by Crippen LogP contribution is 2.60. The summed E-state index contributed by atoms with van der Waals surface area (Å²) in [4.78, 5) is 0. The summed E-state index contributed by atoms with van der Waals surface area (Å²) in [6, 6.07) is 53.7. The number of aromatic nitrogens is 1. The van der Waals surface area contributed by atoms with Gasteiger partial charge < -0.3 is 4.57 Å². The average molecular weight is 650 g/mol. The predicted molar refractivity (Wildman–Crippen MR) is 213 cm³/mol. The summed E-state index contributed by atoms with van der Waals surface area (Å²) in [5.41, 5.74) is 17.4. The molecule has 7 aromatic rings. The molecule has 1 aromatic heterocycles. The van der Waals surface area contributed by atoms with Crippen molar-refractivity contribution in [1.82, 2.24) is 4.57 Å². The Kier molecular flexibility index (Phi) is 6.90. The van der Waals surface area contributed by atoms with Crippen molar-refractivity contribution in [2.24, 2.45) is 0 Å². The van der Waals surface area contributed by atoms with Crippen LogP contribution in [0.25, 0.3) is 56.0 Å². The number of hydrogen-bond acceptors (Lipinski definition) is 0. The Morgan fingerprint density at radius 3 is 2.02 bits per heavy atom. The van der Waals surface area contributed by atoms with E-state index in [-0.39, 0.29) is 0 Å². The Morgan fingerprint density at radius 1 is 0.627 bits per heavy atom.